The summed E-state index contributed by atoms with van der Waals surface area (Å²) in [6, 6.07) is 3.17. The zero-order valence-electron chi connectivity index (χ0n) is 8.25. The van der Waals surface area contributed by atoms with Crippen LogP contribution >= 0.6 is 11.6 Å². The number of pyridine rings is 1. The molecule has 0 unspecified atom stereocenters. The molecule has 0 aliphatic rings. The maximum atomic E-state index is 12.0. The standard InChI is InChI=1S/C9H12ClF2N3/c1-15(5-8(11)12)4-7-6(10)2-3-9(13)14-7/h2-3,8H,4-5H2,1H3,(H2,13,14). The second-order valence-electron chi connectivity index (χ2n) is 3.25. The van der Waals surface area contributed by atoms with E-state index >= 15 is 0 Å². The van der Waals surface area contributed by atoms with Gasteiger partial charge in [0.2, 0.25) is 0 Å². The van der Waals surface area contributed by atoms with Crippen LogP contribution in [0, 0.1) is 0 Å². The molecule has 0 radical (unpaired) electrons. The van der Waals surface area contributed by atoms with Gasteiger partial charge in [-0.05, 0) is 19.2 Å². The van der Waals surface area contributed by atoms with Crippen molar-refractivity contribution < 1.29 is 8.78 Å². The SMILES string of the molecule is CN(Cc1nc(N)ccc1Cl)CC(F)F. The minimum absolute atomic E-state index is 0.258. The maximum Gasteiger partial charge on any atom is 0.251 e. The van der Waals surface area contributed by atoms with Gasteiger partial charge in [-0.2, -0.15) is 0 Å². The van der Waals surface area contributed by atoms with Gasteiger partial charge >= 0.3 is 0 Å². The van der Waals surface area contributed by atoms with E-state index in [9.17, 15) is 8.78 Å². The Labute approximate surface area is 91.8 Å². The fourth-order valence-electron chi connectivity index (χ4n) is 1.17. The molecule has 15 heavy (non-hydrogen) atoms. The summed E-state index contributed by atoms with van der Waals surface area (Å²) in [6.07, 6.45) is -2.37. The van der Waals surface area contributed by atoms with Crippen molar-refractivity contribution >= 4 is 17.4 Å². The van der Waals surface area contributed by atoms with E-state index in [1.54, 1.807) is 19.2 Å². The van der Waals surface area contributed by atoms with Crippen LogP contribution in [0.2, 0.25) is 5.02 Å². The molecule has 1 aromatic heterocycles. The smallest absolute Gasteiger partial charge is 0.251 e. The van der Waals surface area contributed by atoms with E-state index in [0.717, 1.165) is 0 Å². The third-order valence-corrected chi connectivity index (χ3v) is 2.15. The molecule has 0 aliphatic carbocycles. The first-order valence-corrected chi connectivity index (χ1v) is 4.74. The average Bonchev–Trinajstić information content (AvgIpc) is 2.10. The molecule has 6 heteroatoms. The van der Waals surface area contributed by atoms with Crippen molar-refractivity contribution in [2.24, 2.45) is 0 Å². The summed E-state index contributed by atoms with van der Waals surface area (Å²) in [7, 11) is 1.58. The van der Waals surface area contributed by atoms with Gasteiger partial charge in [-0.15, -0.1) is 0 Å². The van der Waals surface area contributed by atoms with Gasteiger partial charge in [0.15, 0.2) is 0 Å². The summed E-state index contributed by atoms with van der Waals surface area (Å²) >= 11 is 5.84. The molecule has 0 aliphatic heterocycles. The Morgan fingerprint density at radius 3 is 2.80 bits per heavy atom. The molecule has 1 aromatic rings. The fourth-order valence-corrected chi connectivity index (χ4v) is 1.33. The maximum absolute atomic E-state index is 12.0. The summed E-state index contributed by atoms with van der Waals surface area (Å²) < 4.78 is 24.1. The largest absolute Gasteiger partial charge is 0.384 e. The molecule has 1 heterocycles. The first kappa shape index (κ1) is 12.1. The van der Waals surface area contributed by atoms with Crippen LogP contribution in [0.1, 0.15) is 5.69 Å². The van der Waals surface area contributed by atoms with Crippen molar-refractivity contribution in [2.45, 2.75) is 13.0 Å². The molecule has 0 amide bonds. The van der Waals surface area contributed by atoms with Crippen LogP contribution in [-0.2, 0) is 6.54 Å². The zero-order chi connectivity index (χ0) is 11.4. The number of anilines is 1. The van der Waals surface area contributed by atoms with E-state index < -0.39 is 6.43 Å². The zero-order valence-corrected chi connectivity index (χ0v) is 9.01. The molecule has 2 N–H and O–H groups in total. The Morgan fingerprint density at radius 2 is 2.20 bits per heavy atom. The van der Waals surface area contributed by atoms with Gasteiger partial charge in [-0.25, -0.2) is 13.8 Å². The molecule has 0 atom stereocenters. The van der Waals surface area contributed by atoms with Gasteiger partial charge in [-0.3, -0.25) is 4.90 Å². The first-order chi connectivity index (χ1) is 6.99. The Bertz CT molecular complexity index is 333. The summed E-state index contributed by atoms with van der Waals surface area (Å²) in [5.74, 6) is 0.333. The van der Waals surface area contributed by atoms with Crippen molar-refractivity contribution in [3.05, 3.63) is 22.8 Å². The van der Waals surface area contributed by atoms with Crippen molar-refractivity contribution in [3.8, 4) is 0 Å². The van der Waals surface area contributed by atoms with Crippen LogP contribution < -0.4 is 5.73 Å². The molecule has 0 saturated carbocycles. The first-order valence-electron chi connectivity index (χ1n) is 4.36. The molecule has 0 aromatic carbocycles. The summed E-state index contributed by atoms with van der Waals surface area (Å²) in [4.78, 5) is 5.42. The Morgan fingerprint density at radius 1 is 1.53 bits per heavy atom. The monoisotopic (exact) mass is 235 g/mol. The topological polar surface area (TPSA) is 42.2 Å². The lowest BCUT2D eigenvalue weighted by Gasteiger charge is -2.16. The number of halogens is 3. The minimum atomic E-state index is -2.37. The quantitative estimate of drug-likeness (QED) is 0.868. The Kier molecular flexibility index (Phi) is 4.23. The van der Waals surface area contributed by atoms with E-state index in [0.29, 0.717) is 16.5 Å². The molecule has 1 rings (SSSR count). The number of aromatic nitrogens is 1. The predicted octanol–water partition coefficient (Wildman–Crippen LogP) is 2.01. The van der Waals surface area contributed by atoms with Gasteiger partial charge in [0.25, 0.3) is 6.43 Å². The number of hydrogen-bond donors (Lipinski definition) is 1. The Hall–Kier alpha value is -0.940. The average molecular weight is 236 g/mol. The van der Waals surface area contributed by atoms with Gasteiger partial charge in [0.1, 0.15) is 5.82 Å². The highest BCUT2D eigenvalue weighted by molar-refractivity contribution is 6.31. The number of hydrogen-bond acceptors (Lipinski definition) is 3. The molecular weight excluding hydrogens is 224 g/mol. The molecule has 0 spiro atoms. The second kappa shape index (κ2) is 5.23. The van der Waals surface area contributed by atoms with E-state index in [1.807, 2.05) is 0 Å². The molecular formula is C9H12ClF2N3. The number of nitrogens with two attached hydrogens (primary N) is 1. The minimum Gasteiger partial charge on any atom is -0.384 e. The van der Waals surface area contributed by atoms with Crippen molar-refractivity contribution in [1.82, 2.24) is 9.88 Å². The van der Waals surface area contributed by atoms with E-state index in [4.69, 9.17) is 17.3 Å². The van der Waals surface area contributed by atoms with Crippen LogP contribution in [0.4, 0.5) is 14.6 Å². The van der Waals surface area contributed by atoms with Crippen LogP contribution in [-0.4, -0.2) is 29.9 Å². The third kappa shape index (κ3) is 3.97. The van der Waals surface area contributed by atoms with Crippen molar-refractivity contribution in [2.75, 3.05) is 19.3 Å². The number of alkyl halides is 2. The summed E-state index contributed by atoms with van der Waals surface area (Å²) in [5, 5.41) is 0.435. The summed E-state index contributed by atoms with van der Waals surface area (Å²) in [5.41, 5.74) is 5.98. The highest BCUT2D eigenvalue weighted by Gasteiger charge is 2.11. The van der Waals surface area contributed by atoms with Crippen LogP contribution in [0.3, 0.4) is 0 Å². The third-order valence-electron chi connectivity index (χ3n) is 1.81. The molecule has 0 fully saturated rings. The van der Waals surface area contributed by atoms with E-state index in [1.165, 1.54) is 4.90 Å². The predicted molar refractivity (Wildman–Crippen MR) is 56.0 cm³/mol. The van der Waals surface area contributed by atoms with Crippen LogP contribution in [0.25, 0.3) is 0 Å². The van der Waals surface area contributed by atoms with Crippen molar-refractivity contribution in [1.29, 1.82) is 0 Å². The van der Waals surface area contributed by atoms with Crippen molar-refractivity contribution in [3.63, 3.8) is 0 Å². The van der Waals surface area contributed by atoms with Gasteiger partial charge < -0.3 is 5.73 Å². The number of rotatable bonds is 4. The highest BCUT2D eigenvalue weighted by Crippen LogP contribution is 2.16. The molecule has 3 nitrogen and oxygen atoms in total. The van der Waals surface area contributed by atoms with Crippen LogP contribution in [0.5, 0.6) is 0 Å². The number of nitrogens with zero attached hydrogens (tertiary/aromatic N) is 2. The summed E-state index contributed by atoms with van der Waals surface area (Å²) in [6.45, 7) is -0.0545. The lowest BCUT2D eigenvalue weighted by molar-refractivity contribution is 0.0971. The Balaban J connectivity index is 2.67. The molecule has 84 valence electrons. The lowest BCUT2D eigenvalue weighted by atomic mass is 10.3. The van der Waals surface area contributed by atoms with E-state index in [-0.39, 0.29) is 13.1 Å². The second-order valence-corrected chi connectivity index (χ2v) is 3.66. The molecule has 0 bridgehead atoms. The lowest BCUT2D eigenvalue weighted by Crippen LogP contribution is -2.24. The fraction of sp³-hybridized carbons (Fsp3) is 0.444. The molecule has 0 saturated heterocycles. The van der Waals surface area contributed by atoms with E-state index in [2.05, 4.69) is 4.98 Å². The number of nitrogen functional groups attached to an aromatic ring is 1. The van der Waals surface area contributed by atoms with Gasteiger partial charge in [0.05, 0.1) is 17.3 Å². The van der Waals surface area contributed by atoms with Gasteiger partial charge in [-0.1, -0.05) is 11.6 Å². The van der Waals surface area contributed by atoms with Crippen LogP contribution in [0.15, 0.2) is 12.1 Å². The normalized spacial score (nSPS) is 11.3. The van der Waals surface area contributed by atoms with Gasteiger partial charge in [0, 0.05) is 6.54 Å². The highest BCUT2D eigenvalue weighted by atomic mass is 35.5.